The maximum absolute atomic E-state index is 11.7. The fraction of sp³-hybridized carbons (Fsp3) is 0.600. The van der Waals surface area contributed by atoms with E-state index in [1.807, 2.05) is 0 Å². The summed E-state index contributed by atoms with van der Waals surface area (Å²) in [7, 11) is 3.23. The molecule has 2 rings (SSSR count). The third kappa shape index (κ3) is 4.84. The van der Waals surface area contributed by atoms with Crippen LogP contribution in [-0.2, 0) is 16.0 Å². The molecule has 1 aromatic rings. The molecule has 0 saturated carbocycles. The molecule has 0 amide bonds. The average molecular weight is 437 g/mol. The highest BCUT2D eigenvalue weighted by Crippen LogP contribution is 2.24. The molecule has 5 nitrogen and oxygen atoms in total. The van der Waals surface area contributed by atoms with Crippen molar-refractivity contribution < 1.29 is 9.53 Å². The first kappa shape index (κ1) is 19.2. The van der Waals surface area contributed by atoms with Crippen LogP contribution in [-0.4, -0.2) is 50.6 Å². The predicted molar refractivity (Wildman–Crippen MR) is 101 cm³/mol. The van der Waals surface area contributed by atoms with Gasteiger partial charge in [-0.2, -0.15) is 0 Å². The monoisotopic (exact) mass is 437 g/mol. The smallest absolute Gasteiger partial charge is 0.310 e. The summed E-state index contributed by atoms with van der Waals surface area (Å²) in [6, 6.07) is 4.21. The maximum atomic E-state index is 11.7. The number of ether oxygens (including phenoxy) is 1. The lowest BCUT2D eigenvalue weighted by atomic mass is 9.99. The summed E-state index contributed by atoms with van der Waals surface area (Å²) >= 11 is 1.77. The molecule has 0 bridgehead atoms. The minimum Gasteiger partial charge on any atom is -0.469 e. The highest BCUT2D eigenvalue weighted by Gasteiger charge is 2.36. The predicted octanol–water partition coefficient (Wildman–Crippen LogP) is 2.22. The molecule has 22 heavy (non-hydrogen) atoms. The van der Waals surface area contributed by atoms with Crippen molar-refractivity contribution in [2.75, 3.05) is 33.8 Å². The van der Waals surface area contributed by atoms with Crippen LogP contribution in [0.5, 0.6) is 0 Å². The van der Waals surface area contributed by atoms with Gasteiger partial charge in [0.15, 0.2) is 5.96 Å². The molecule has 1 saturated heterocycles. The standard InChI is InChI=1S/C15H23N3O2S.HI/c1-11-9-18(10-13(11)14(19)20-3)15(16-2)17-7-6-12-5-4-8-21-12;/h4-5,8,11,13H,6-7,9-10H2,1-3H3,(H,16,17);1H. The molecule has 0 aromatic carbocycles. The van der Waals surface area contributed by atoms with Crippen molar-refractivity contribution in [1.82, 2.24) is 10.2 Å². The molecule has 1 aromatic heterocycles. The van der Waals surface area contributed by atoms with Crippen molar-refractivity contribution in [3.8, 4) is 0 Å². The second-order valence-corrected chi connectivity index (χ2v) is 6.35. The SMILES string of the molecule is CN=C(NCCc1cccs1)N1CC(C)C(C(=O)OC)C1.I. The van der Waals surface area contributed by atoms with Crippen LogP contribution >= 0.6 is 35.3 Å². The van der Waals surface area contributed by atoms with Gasteiger partial charge in [0.1, 0.15) is 0 Å². The van der Waals surface area contributed by atoms with Gasteiger partial charge in [-0.3, -0.25) is 9.79 Å². The Morgan fingerprint density at radius 3 is 2.91 bits per heavy atom. The van der Waals surface area contributed by atoms with Gasteiger partial charge < -0.3 is 15.0 Å². The number of rotatable bonds is 4. The first-order valence-electron chi connectivity index (χ1n) is 7.21. The number of esters is 1. The number of guanidine groups is 1. The molecule has 0 aliphatic carbocycles. The number of hydrogen-bond acceptors (Lipinski definition) is 4. The number of nitrogens with zero attached hydrogens (tertiary/aromatic N) is 2. The molecule has 1 N–H and O–H groups in total. The van der Waals surface area contributed by atoms with Gasteiger partial charge in [0.05, 0.1) is 13.0 Å². The lowest BCUT2D eigenvalue weighted by molar-refractivity contribution is -0.145. The largest absolute Gasteiger partial charge is 0.469 e. The Balaban J connectivity index is 0.00000242. The zero-order chi connectivity index (χ0) is 15.2. The van der Waals surface area contributed by atoms with Gasteiger partial charge in [0, 0.05) is 31.6 Å². The van der Waals surface area contributed by atoms with Crippen LogP contribution in [0.15, 0.2) is 22.5 Å². The Morgan fingerprint density at radius 1 is 1.55 bits per heavy atom. The number of nitrogens with one attached hydrogen (secondary N) is 1. The third-order valence-electron chi connectivity index (χ3n) is 3.86. The number of likely N-dealkylation sites (tertiary alicyclic amines) is 1. The zero-order valence-electron chi connectivity index (χ0n) is 13.2. The minimum atomic E-state index is -0.126. The van der Waals surface area contributed by atoms with Gasteiger partial charge in [-0.15, -0.1) is 35.3 Å². The molecule has 0 radical (unpaired) electrons. The van der Waals surface area contributed by atoms with Gasteiger partial charge in [-0.05, 0) is 23.8 Å². The Morgan fingerprint density at radius 2 is 2.32 bits per heavy atom. The summed E-state index contributed by atoms with van der Waals surface area (Å²) < 4.78 is 4.87. The van der Waals surface area contributed by atoms with Crippen LogP contribution in [0.1, 0.15) is 11.8 Å². The van der Waals surface area contributed by atoms with E-state index in [1.54, 1.807) is 18.4 Å². The van der Waals surface area contributed by atoms with Crippen LogP contribution in [0.4, 0.5) is 0 Å². The van der Waals surface area contributed by atoms with E-state index in [1.165, 1.54) is 12.0 Å². The molecular weight excluding hydrogens is 413 g/mol. The van der Waals surface area contributed by atoms with Crippen molar-refractivity contribution in [3.63, 3.8) is 0 Å². The van der Waals surface area contributed by atoms with E-state index in [0.29, 0.717) is 6.54 Å². The van der Waals surface area contributed by atoms with Crippen LogP contribution in [0.3, 0.4) is 0 Å². The molecule has 2 atom stereocenters. The van der Waals surface area contributed by atoms with E-state index in [9.17, 15) is 4.79 Å². The lowest BCUT2D eigenvalue weighted by Crippen LogP contribution is -2.41. The van der Waals surface area contributed by atoms with Gasteiger partial charge in [-0.25, -0.2) is 0 Å². The van der Waals surface area contributed by atoms with E-state index in [2.05, 4.69) is 39.6 Å². The van der Waals surface area contributed by atoms with Crippen molar-refractivity contribution in [2.45, 2.75) is 13.3 Å². The number of carbonyl (C=O) groups is 1. The Bertz CT molecular complexity index is 493. The van der Waals surface area contributed by atoms with Crippen LogP contribution in [0.25, 0.3) is 0 Å². The molecule has 2 heterocycles. The van der Waals surface area contributed by atoms with Crippen molar-refractivity contribution in [3.05, 3.63) is 22.4 Å². The minimum absolute atomic E-state index is 0. The first-order valence-corrected chi connectivity index (χ1v) is 8.09. The fourth-order valence-corrected chi connectivity index (χ4v) is 3.39. The highest BCUT2D eigenvalue weighted by molar-refractivity contribution is 14.0. The Hall–Kier alpha value is -0.830. The van der Waals surface area contributed by atoms with Crippen LogP contribution in [0.2, 0.25) is 0 Å². The summed E-state index contributed by atoms with van der Waals surface area (Å²) in [5.41, 5.74) is 0. The number of thiophene rings is 1. The molecule has 0 spiro atoms. The summed E-state index contributed by atoms with van der Waals surface area (Å²) in [6.07, 6.45) is 0.987. The number of aliphatic imine (C=N–C) groups is 1. The quantitative estimate of drug-likeness (QED) is 0.340. The van der Waals surface area contributed by atoms with Crippen LogP contribution in [0, 0.1) is 11.8 Å². The molecule has 2 unspecified atom stereocenters. The first-order chi connectivity index (χ1) is 10.2. The summed E-state index contributed by atoms with van der Waals surface area (Å²) in [6.45, 7) is 4.44. The molecule has 1 aliphatic heterocycles. The molecule has 124 valence electrons. The number of hydrogen-bond donors (Lipinski definition) is 1. The third-order valence-corrected chi connectivity index (χ3v) is 4.80. The van der Waals surface area contributed by atoms with Crippen molar-refractivity contribution >= 4 is 47.2 Å². The molecule has 1 fully saturated rings. The summed E-state index contributed by atoms with van der Waals surface area (Å²) in [5.74, 6) is 0.961. The van der Waals surface area contributed by atoms with Gasteiger partial charge in [0.25, 0.3) is 0 Å². The average Bonchev–Trinajstić information content (AvgIpc) is 3.12. The Kier molecular flexibility index (Phi) is 8.16. The van der Waals surface area contributed by atoms with Gasteiger partial charge >= 0.3 is 5.97 Å². The van der Waals surface area contributed by atoms with Crippen molar-refractivity contribution in [1.29, 1.82) is 0 Å². The summed E-state index contributed by atoms with van der Waals surface area (Å²) in [4.78, 5) is 19.6. The second-order valence-electron chi connectivity index (χ2n) is 5.32. The summed E-state index contributed by atoms with van der Waals surface area (Å²) in [5, 5.41) is 5.47. The topological polar surface area (TPSA) is 53.9 Å². The zero-order valence-corrected chi connectivity index (χ0v) is 16.4. The molecular formula is C15H24IN3O2S. The van der Waals surface area contributed by atoms with E-state index in [-0.39, 0.29) is 41.8 Å². The van der Waals surface area contributed by atoms with Crippen molar-refractivity contribution in [2.24, 2.45) is 16.8 Å². The maximum Gasteiger partial charge on any atom is 0.310 e. The Labute approximate surface area is 153 Å². The highest BCUT2D eigenvalue weighted by atomic mass is 127. The van der Waals surface area contributed by atoms with E-state index in [0.717, 1.165) is 25.5 Å². The van der Waals surface area contributed by atoms with Gasteiger partial charge in [-0.1, -0.05) is 13.0 Å². The van der Waals surface area contributed by atoms with E-state index >= 15 is 0 Å². The normalized spacial score (nSPS) is 21.4. The number of carbonyl (C=O) groups excluding carboxylic acids is 1. The van der Waals surface area contributed by atoms with E-state index < -0.39 is 0 Å². The van der Waals surface area contributed by atoms with Crippen LogP contribution < -0.4 is 5.32 Å². The lowest BCUT2D eigenvalue weighted by Gasteiger charge is -2.21. The van der Waals surface area contributed by atoms with Gasteiger partial charge in [0.2, 0.25) is 0 Å². The molecule has 1 aliphatic rings. The number of methoxy groups -OCH3 is 1. The number of halogens is 1. The molecule has 7 heteroatoms. The fourth-order valence-electron chi connectivity index (χ4n) is 2.68. The van der Waals surface area contributed by atoms with E-state index in [4.69, 9.17) is 4.74 Å². The second kappa shape index (κ2) is 9.34.